The zero-order chi connectivity index (χ0) is 19.0. The first-order valence-corrected chi connectivity index (χ1v) is 13.7. The third-order valence-corrected chi connectivity index (χ3v) is 11.3. The summed E-state index contributed by atoms with van der Waals surface area (Å²) in [5.74, 6) is -0.428. The van der Waals surface area contributed by atoms with Crippen LogP contribution in [0.1, 0.15) is 40.5 Å². The Bertz CT molecular complexity index is 501. The van der Waals surface area contributed by atoms with E-state index in [4.69, 9.17) is 26.4 Å². The van der Waals surface area contributed by atoms with Crippen LogP contribution in [0.3, 0.4) is 0 Å². The summed E-state index contributed by atoms with van der Waals surface area (Å²) < 4.78 is 35.0. The van der Waals surface area contributed by atoms with Gasteiger partial charge in [0, 0.05) is 6.00 Å². The van der Waals surface area contributed by atoms with Crippen LogP contribution in [0.2, 0.25) is 18.1 Å². The lowest BCUT2D eigenvalue weighted by atomic mass is 9.80. The largest absolute Gasteiger partial charge is 0.432 e. The summed E-state index contributed by atoms with van der Waals surface area (Å²) in [6.45, 7) is 12.3. The molecular formula is C16H32BO6PSi. The molecule has 144 valence electrons. The molecule has 0 aromatic heterocycles. The van der Waals surface area contributed by atoms with E-state index < -0.39 is 27.8 Å². The molecule has 2 radical (unpaired) electrons. The highest BCUT2D eigenvalue weighted by Crippen LogP contribution is 2.63. The topological polar surface area (TPSA) is 77.5 Å². The maximum absolute atomic E-state index is 12.8. The lowest BCUT2D eigenvalue weighted by Gasteiger charge is -2.37. The number of rotatable bonds is 9. The lowest BCUT2D eigenvalue weighted by Crippen LogP contribution is -2.41. The van der Waals surface area contributed by atoms with Crippen LogP contribution in [-0.2, 0) is 23.1 Å². The quantitative estimate of drug-likeness (QED) is 0.370. The van der Waals surface area contributed by atoms with E-state index >= 15 is 0 Å². The molecule has 25 heavy (non-hydrogen) atoms. The standard InChI is InChI=1S/C16H32BO6PSi/c1-7-20-24(18,21-8-2)15-13(23-15)12-9-11(14(17)22-12)10-16(3,4)25(5,6)19/h11-15,19H,7-10H2,1-6H3/t11-,12+,13?,14-,15?/m1/s1. The van der Waals surface area contributed by atoms with Gasteiger partial charge in [0.1, 0.15) is 14.0 Å². The first-order valence-electron chi connectivity index (χ1n) is 9.13. The summed E-state index contributed by atoms with van der Waals surface area (Å²) in [7, 11) is 0.602. The molecule has 2 aliphatic heterocycles. The molecule has 2 saturated heterocycles. The van der Waals surface area contributed by atoms with Gasteiger partial charge in [0.05, 0.1) is 19.3 Å². The minimum Gasteiger partial charge on any atom is -0.432 e. The number of hydrogen-bond acceptors (Lipinski definition) is 6. The Kier molecular flexibility index (Phi) is 6.69. The molecule has 0 amide bonds. The van der Waals surface area contributed by atoms with Gasteiger partial charge in [-0.3, -0.25) is 4.57 Å². The maximum atomic E-state index is 12.8. The van der Waals surface area contributed by atoms with Crippen LogP contribution in [0.15, 0.2) is 0 Å². The third-order valence-electron chi connectivity index (χ3n) is 5.56. The van der Waals surface area contributed by atoms with Crippen LogP contribution >= 0.6 is 7.60 Å². The second-order valence-corrected chi connectivity index (χ2v) is 14.7. The van der Waals surface area contributed by atoms with Crippen molar-refractivity contribution in [1.29, 1.82) is 0 Å². The average Bonchev–Trinajstić information content (AvgIpc) is 3.19. The van der Waals surface area contributed by atoms with Gasteiger partial charge in [0.2, 0.25) is 0 Å². The van der Waals surface area contributed by atoms with Gasteiger partial charge >= 0.3 is 7.60 Å². The number of hydrogen-bond donors (Lipinski definition) is 1. The number of ether oxygens (including phenoxy) is 2. The smallest absolute Gasteiger partial charge is 0.361 e. The average molecular weight is 390 g/mol. The summed E-state index contributed by atoms with van der Waals surface area (Å²) in [4.78, 5) is 10.5. The molecule has 0 aromatic carbocycles. The van der Waals surface area contributed by atoms with Crippen LogP contribution in [-0.4, -0.2) is 58.2 Å². The predicted molar refractivity (Wildman–Crippen MR) is 100 cm³/mol. The van der Waals surface area contributed by atoms with Crippen LogP contribution in [0, 0.1) is 5.92 Å². The summed E-state index contributed by atoms with van der Waals surface area (Å²) in [5, 5.41) is -0.163. The van der Waals surface area contributed by atoms with Crippen molar-refractivity contribution in [3.63, 3.8) is 0 Å². The lowest BCUT2D eigenvalue weighted by molar-refractivity contribution is 0.0603. The summed E-state index contributed by atoms with van der Waals surface area (Å²) in [6.07, 6.45) is 1.02. The van der Waals surface area contributed by atoms with Gasteiger partial charge in [-0.05, 0) is 50.7 Å². The van der Waals surface area contributed by atoms with Gasteiger partial charge in [-0.1, -0.05) is 13.8 Å². The normalized spacial score (nSPS) is 33.6. The van der Waals surface area contributed by atoms with Crippen molar-refractivity contribution in [2.75, 3.05) is 13.2 Å². The molecule has 0 bridgehead atoms. The van der Waals surface area contributed by atoms with Crippen molar-refractivity contribution in [3.8, 4) is 0 Å². The van der Waals surface area contributed by atoms with E-state index in [-0.39, 0.29) is 23.2 Å². The Morgan fingerprint density at radius 1 is 1.24 bits per heavy atom. The van der Waals surface area contributed by atoms with Crippen LogP contribution in [0.25, 0.3) is 0 Å². The van der Waals surface area contributed by atoms with E-state index in [1.165, 1.54) is 0 Å². The third kappa shape index (κ3) is 4.78. The Labute approximate surface area is 154 Å². The van der Waals surface area contributed by atoms with E-state index in [1.807, 2.05) is 13.1 Å². The molecule has 2 heterocycles. The van der Waals surface area contributed by atoms with Crippen molar-refractivity contribution < 1.29 is 27.9 Å². The fraction of sp³-hybridized carbons (Fsp3) is 1.00. The van der Waals surface area contributed by atoms with Gasteiger partial charge in [0.15, 0.2) is 14.2 Å². The SMILES string of the molecule is [B][C@@H]1O[C@H](C2OC2P(=O)(OCC)OCC)C[C@@H]1CC(C)(C)[Si](C)(C)O. The molecular weight excluding hydrogens is 358 g/mol. The fourth-order valence-corrected chi connectivity index (χ4v) is 5.99. The van der Waals surface area contributed by atoms with Crippen LogP contribution < -0.4 is 0 Å². The minimum absolute atomic E-state index is 0.141. The highest BCUT2D eigenvalue weighted by Gasteiger charge is 2.60. The Balaban J connectivity index is 1.98. The molecule has 9 heteroatoms. The van der Waals surface area contributed by atoms with Crippen molar-refractivity contribution in [1.82, 2.24) is 0 Å². The Morgan fingerprint density at radius 3 is 2.28 bits per heavy atom. The molecule has 0 saturated carbocycles. The Hall–Kier alpha value is 0.312. The second kappa shape index (κ2) is 7.74. The van der Waals surface area contributed by atoms with E-state index in [0.717, 1.165) is 12.8 Å². The monoisotopic (exact) mass is 390 g/mol. The van der Waals surface area contributed by atoms with Gasteiger partial charge in [-0.2, -0.15) is 0 Å². The zero-order valence-corrected chi connectivity index (χ0v) is 18.1. The maximum Gasteiger partial charge on any atom is 0.361 e. The minimum atomic E-state index is -3.27. The van der Waals surface area contributed by atoms with Crippen molar-refractivity contribution in [2.45, 2.75) is 82.7 Å². The number of epoxide rings is 1. The molecule has 2 fully saturated rings. The first-order chi connectivity index (χ1) is 11.4. The van der Waals surface area contributed by atoms with Crippen molar-refractivity contribution in [3.05, 3.63) is 0 Å². The van der Waals surface area contributed by atoms with Gasteiger partial charge in [0.25, 0.3) is 0 Å². The molecule has 0 spiro atoms. The van der Waals surface area contributed by atoms with Crippen molar-refractivity contribution in [2.24, 2.45) is 5.92 Å². The molecule has 6 nitrogen and oxygen atoms in total. The first kappa shape index (κ1) is 21.6. The van der Waals surface area contributed by atoms with E-state index in [1.54, 1.807) is 13.8 Å². The van der Waals surface area contributed by atoms with E-state index in [0.29, 0.717) is 13.2 Å². The summed E-state index contributed by atoms with van der Waals surface area (Å²) in [6, 6.07) is -0.399. The van der Waals surface area contributed by atoms with Gasteiger partial charge < -0.3 is 23.3 Å². The van der Waals surface area contributed by atoms with E-state index in [2.05, 4.69) is 13.8 Å². The summed E-state index contributed by atoms with van der Waals surface area (Å²) >= 11 is 0. The molecule has 2 aliphatic rings. The Morgan fingerprint density at radius 2 is 1.80 bits per heavy atom. The molecule has 0 aliphatic carbocycles. The van der Waals surface area contributed by atoms with E-state index in [9.17, 15) is 9.36 Å². The predicted octanol–water partition coefficient (Wildman–Crippen LogP) is 3.24. The highest BCUT2D eigenvalue weighted by atomic mass is 31.2. The van der Waals surface area contributed by atoms with Crippen LogP contribution in [0.4, 0.5) is 0 Å². The zero-order valence-electron chi connectivity index (χ0n) is 16.2. The molecule has 2 rings (SSSR count). The van der Waals surface area contributed by atoms with Gasteiger partial charge in [-0.25, -0.2) is 0 Å². The summed E-state index contributed by atoms with van der Waals surface area (Å²) in [5.41, 5.74) is 0. The van der Waals surface area contributed by atoms with Gasteiger partial charge in [-0.15, -0.1) is 0 Å². The second-order valence-electron chi connectivity index (χ2n) is 8.15. The molecule has 1 N–H and O–H groups in total. The van der Waals surface area contributed by atoms with Crippen LogP contribution in [0.5, 0.6) is 0 Å². The molecule has 5 atom stereocenters. The van der Waals surface area contributed by atoms with Crippen molar-refractivity contribution >= 4 is 23.8 Å². The fourth-order valence-electron chi connectivity index (χ4n) is 3.30. The highest BCUT2D eigenvalue weighted by molar-refractivity contribution is 7.54. The molecule has 2 unspecified atom stereocenters. The molecule has 0 aromatic rings.